The molecule has 4 saturated heterocycles. The first kappa shape index (κ1) is 53.2. The minimum Gasteiger partial charge on any atom is -0.464 e. The molecule has 0 N–H and O–H groups in total. The number of esters is 3. The van der Waals surface area contributed by atoms with Crippen LogP contribution in [-0.4, -0.2) is 156 Å². The van der Waals surface area contributed by atoms with Crippen molar-refractivity contribution in [3.05, 3.63) is 20.9 Å². The number of hydrogen-bond donors (Lipinski definition) is 0. The minimum atomic E-state index is -1.59. The van der Waals surface area contributed by atoms with Gasteiger partial charge in [0, 0.05) is 50.1 Å². The summed E-state index contributed by atoms with van der Waals surface area (Å²) in [6.07, 6.45) is -7.98. The van der Waals surface area contributed by atoms with Crippen LogP contribution in [-0.2, 0) is 76.0 Å². The van der Waals surface area contributed by atoms with Gasteiger partial charge in [-0.25, -0.2) is 4.79 Å². The summed E-state index contributed by atoms with van der Waals surface area (Å²) in [5.74, 6) is -2.05. The zero-order valence-electron chi connectivity index (χ0n) is 38.4. The third-order valence-electron chi connectivity index (χ3n) is 11.1. The van der Waals surface area contributed by atoms with Crippen LogP contribution >= 0.6 is 0 Å². The summed E-state index contributed by atoms with van der Waals surface area (Å²) in [4.78, 5) is 45.2. The van der Waals surface area contributed by atoms with Crippen LogP contribution in [0.3, 0.4) is 0 Å². The van der Waals surface area contributed by atoms with Crippen molar-refractivity contribution in [3.8, 4) is 0 Å². The van der Waals surface area contributed by atoms with E-state index >= 15 is 0 Å². The molecule has 4 fully saturated rings. The molecule has 0 radical (unpaired) electrons. The van der Waals surface area contributed by atoms with E-state index in [9.17, 15) is 25.4 Å². The van der Waals surface area contributed by atoms with Gasteiger partial charge >= 0.3 is 17.9 Å². The number of nitrogens with zero attached hydrogens (tertiary/aromatic N) is 6. The second-order valence-electron chi connectivity index (χ2n) is 16.1. The predicted molar refractivity (Wildman–Crippen MR) is 224 cm³/mol. The summed E-state index contributed by atoms with van der Waals surface area (Å²) in [5, 5.41) is 7.98. The predicted octanol–water partition coefficient (Wildman–Crippen LogP) is 5.90. The monoisotopic (exact) mass is 914 g/mol. The molecule has 0 aromatic heterocycles. The molecule has 4 aliphatic rings. The summed E-state index contributed by atoms with van der Waals surface area (Å²) in [7, 11) is 0. The molecule has 4 aliphatic heterocycles. The third kappa shape index (κ3) is 15.1. The highest BCUT2D eigenvalue weighted by Gasteiger charge is 2.59. The van der Waals surface area contributed by atoms with Crippen LogP contribution in [0, 0.1) is 0 Å². The van der Waals surface area contributed by atoms with Crippen molar-refractivity contribution in [1.82, 2.24) is 0 Å². The molecular formula is C42H70N6O16. The van der Waals surface area contributed by atoms with Gasteiger partial charge in [0.25, 0.3) is 0 Å². The largest absolute Gasteiger partial charge is 0.464 e. The SMILES string of the molecule is CCCCOC(=O)C1O[C@@H](O[C@@H]2C3CO[C@H](O3)C(N=[N+]=[N-])C2OC(C)=O)C(OCCCC)C(OCCCC)[C@@H]1O[C@H]1OC(COC(C)=O)[C@@H](OCCCC)C(OCCCC)C1N=[N+]=[N-]. The Morgan fingerprint density at radius 3 is 1.70 bits per heavy atom. The second kappa shape index (κ2) is 28.6. The molecule has 4 rings (SSSR count). The Hall–Kier alpha value is -3.37. The Balaban J connectivity index is 1.85. The van der Waals surface area contributed by atoms with E-state index in [1.807, 2.05) is 34.6 Å². The number of carbonyl (C=O) groups is 3. The highest BCUT2D eigenvalue weighted by Crippen LogP contribution is 2.39. The Morgan fingerprint density at radius 2 is 1.12 bits per heavy atom. The van der Waals surface area contributed by atoms with Crippen LogP contribution in [0.25, 0.3) is 20.9 Å². The molecule has 22 heteroatoms. The molecule has 22 nitrogen and oxygen atoms in total. The summed E-state index contributed by atoms with van der Waals surface area (Å²) >= 11 is 0. The van der Waals surface area contributed by atoms with Crippen molar-refractivity contribution in [2.45, 2.75) is 205 Å². The van der Waals surface area contributed by atoms with Gasteiger partial charge < -0.3 is 61.6 Å². The number of azide groups is 2. The van der Waals surface area contributed by atoms with Crippen LogP contribution in [0.1, 0.15) is 113 Å². The lowest BCUT2D eigenvalue weighted by Crippen LogP contribution is -2.67. The van der Waals surface area contributed by atoms with E-state index < -0.39 is 110 Å². The van der Waals surface area contributed by atoms with Gasteiger partial charge in [0.15, 0.2) is 25.0 Å². The maximum absolute atomic E-state index is 14.4. The fourth-order valence-corrected chi connectivity index (χ4v) is 7.73. The lowest BCUT2D eigenvalue weighted by Gasteiger charge is -2.50. The van der Waals surface area contributed by atoms with Crippen LogP contribution in [0.15, 0.2) is 10.2 Å². The topological polar surface area (TPSA) is 269 Å². The Bertz CT molecular complexity index is 1520. The molecule has 0 aliphatic carbocycles. The van der Waals surface area contributed by atoms with Crippen molar-refractivity contribution in [2.75, 3.05) is 46.2 Å². The highest BCUT2D eigenvalue weighted by molar-refractivity contribution is 5.76. The first-order valence-electron chi connectivity index (χ1n) is 23.0. The summed E-state index contributed by atoms with van der Waals surface area (Å²) < 4.78 is 81.5. The number of ether oxygens (including phenoxy) is 13. The van der Waals surface area contributed by atoms with E-state index in [0.717, 1.165) is 32.1 Å². The summed E-state index contributed by atoms with van der Waals surface area (Å²) in [6, 6.07) is -2.33. The second-order valence-corrected chi connectivity index (χ2v) is 16.1. The van der Waals surface area contributed by atoms with E-state index in [2.05, 4.69) is 20.1 Å². The zero-order valence-corrected chi connectivity index (χ0v) is 38.4. The van der Waals surface area contributed by atoms with E-state index in [1.165, 1.54) is 13.8 Å². The van der Waals surface area contributed by atoms with Gasteiger partial charge in [0.2, 0.25) is 0 Å². The quantitative estimate of drug-likeness (QED) is 0.0211. The molecule has 2 bridgehead atoms. The average Bonchev–Trinajstić information content (AvgIpc) is 3.71. The summed E-state index contributed by atoms with van der Waals surface area (Å²) in [5.41, 5.74) is 19.5. The van der Waals surface area contributed by atoms with Crippen LogP contribution < -0.4 is 0 Å². The normalized spacial score (nSPS) is 33.4. The van der Waals surface area contributed by atoms with Gasteiger partial charge in [-0.3, -0.25) is 9.59 Å². The van der Waals surface area contributed by atoms with Crippen LogP contribution in [0.2, 0.25) is 0 Å². The molecule has 0 spiro atoms. The van der Waals surface area contributed by atoms with Gasteiger partial charge in [-0.1, -0.05) is 77.0 Å². The first-order chi connectivity index (χ1) is 31.1. The Labute approximate surface area is 375 Å². The maximum Gasteiger partial charge on any atom is 0.338 e. The Morgan fingerprint density at radius 1 is 0.578 bits per heavy atom. The lowest BCUT2D eigenvalue weighted by molar-refractivity contribution is -0.363. The van der Waals surface area contributed by atoms with Gasteiger partial charge in [0.05, 0.1) is 19.3 Å². The molecule has 364 valence electrons. The number of carbonyl (C=O) groups excluding carboxylic acids is 3. The first-order valence-corrected chi connectivity index (χ1v) is 23.0. The van der Waals surface area contributed by atoms with E-state index in [-0.39, 0.29) is 39.6 Å². The van der Waals surface area contributed by atoms with Crippen molar-refractivity contribution < 1.29 is 76.0 Å². The van der Waals surface area contributed by atoms with Gasteiger partial charge in [-0.15, -0.1) is 0 Å². The number of hydrogen-bond acceptors (Lipinski definition) is 18. The molecule has 0 aromatic rings. The standard InChI is InChI=1S/C42H70N6O16/c1-8-13-18-52-31-27(23-57-25(6)49)61-41(29(45-47-43)33(31)53-19-14-9-2)63-36-35(54-20-15-10-3)38(55-21-16-11-4)42(64-37(36)39(51)56-22-17-12-5)62-32-28-24-58-40(60-28)30(46-48-44)34(32)59-26(7)50/h27-38,40-42H,8-24H2,1-7H3/t27?,28?,29?,30?,31-,32-,33?,34?,35?,36+,37?,38?,40-,41-,42-/m1/s1. The van der Waals surface area contributed by atoms with Crippen molar-refractivity contribution in [2.24, 2.45) is 10.2 Å². The van der Waals surface area contributed by atoms with E-state index in [4.69, 9.17) is 61.6 Å². The molecule has 15 atom stereocenters. The fourth-order valence-electron chi connectivity index (χ4n) is 7.73. The molecule has 0 saturated carbocycles. The van der Waals surface area contributed by atoms with E-state index in [0.29, 0.717) is 38.7 Å². The number of rotatable bonds is 29. The molecule has 0 amide bonds. The Kier molecular flexibility index (Phi) is 23.8. The van der Waals surface area contributed by atoms with Crippen LogP contribution in [0.5, 0.6) is 0 Å². The van der Waals surface area contributed by atoms with E-state index in [1.54, 1.807) is 0 Å². The minimum absolute atomic E-state index is 0.00223. The molecule has 9 unspecified atom stereocenters. The zero-order chi connectivity index (χ0) is 46.4. The third-order valence-corrected chi connectivity index (χ3v) is 11.1. The van der Waals surface area contributed by atoms with Gasteiger partial charge in [-0.2, -0.15) is 0 Å². The molecule has 64 heavy (non-hydrogen) atoms. The number of unbranched alkanes of at least 4 members (excludes halogenated alkanes) is 5. The van der Waals surface area contributed by atoms with Crippen molar-refractivity contribution >= 4 is 17.9 Å². The van der Waals surface area contributed by atoms with Crippen molar-refractivity contribution in [1.29, 1.82) is 0 Å². The highest BCUT2D eigenvalue weighted by atomic mass is 16.8. The van der Waals surface area contributed by atoms with Crippen LogP contribution in [0.4, 0.5) is 0 Å². The smallest absolute Gasteiger partial charge is 0.338 e. The fraction of sp³-hybridized carbons (Fsp3) is 0.929. The average molecular weight is 915 g/mol. The lowest BCUT2D eigenvalue weighted by atomic mass is 9.94. The molecule has 0 aromatic carbocycles. The van der Waals surface area contributed by atoms with Gasteiger partial charge in [-0.05, 0) is 43.2 Å². The summed E-state index contributed by atoms with van der Waals surface area (Å²) in [6.45, 7) is 13.2. The van der Waals surface area contributed by atoms with Crippen molar-refractivity contribution in [3.63, 3.8) is 0 Å². The maximum atomic E-state index is 14.4. The van der Waals surface area contributed by atoms with Gasteiger partial charge in [0.1, 0.15) is 67.5 Å². The molecule has 4 heterocycles. The number of fused-ring (bicyclic) bond motifs is 2. The molecular weight excluding hydrogens is 844 g/mol.